The molecular formula is C43H49IrN2O2S2-. The van der Waals surface area contributed by atoms with Crippen LogP contribution in [0.5, 0.6) is 0 Å². The summed E-state index contributed by atoms with van der Waals surface area (Å²) < 4.78 is 2.41. The molecule has 50 heavy (non-hydrogen) atoms. The number of hydrogen-bond donors (Lipinski definition) is 1. The van der Waals surface area contributed by atoms with Gasteiger partial charge in [-0.25, -0.2) is 0 Å². The fourth-order valence-electron chi connectivity index (χ4n) is 6.04. The van der Waals surface area contributed by atoms with E-state index in [1.165, 1.54) is 47.6 Å². The zero-order valence-electron chi connectivity index (χ0n) is 30.7. The number of nitrogens with zero attached hydrogens (tertiary/aromatic N) is 2. The van der Waals surface area contributed by atoms with Gasteiger partial charge >= 0.3 is 0 Å². The summed E-state index contributed by atoms with van der Waals surface area (Å²) in [7, 11) is 0. The minimum absolute atomic E-state index is 0. The van der Waals surface area contributed by atoms with Crippen molar-refractivity contribution in [3.63, 3.8) is 0 Å². The Morgan fingerprint density at radius 3 is 2.22 bits per heavy atom. The van der Waals surface area contributed by atoms with Gasteiger partial charge in [-0.05, 0) is 60.1 Å². The van der Waals surface area contributed by atoms with Crippen molar-refractivity contribution >= 4 is 59.4 Å². The second-order valence-electron chi connectivity index (χ2n) is 14.5. The molecule has 6 rings (SSSR count). The third-order valence-electron chi connectivity index (χ3n) is 10.5. The predicted octanol–water partition coefficient (Wildman–Crippen LogP) is 13.1. The van der Waals surface area contributed by atoms with E-state index in [4.69, 9.17) is 4.98 Å². The van der Waals surface area contributed by atoms with Crippen molar-refractivity contribution in [3.8, 4) is 21.7 Å². The molecule has 0 aliphatic rings. The molecule has 0 bridgehead atoms. The summed E-state index contributed by atoms with van der Waals surface area (Å²) >= 11 is 3.52. The first-order valence-electron chi connectivity index (χ1n) is 17.4. The van der Waals surface area contributed by atoms with Crippen molar-refractivity contribution in [2.24, 2.45) is 10.8 Å². The predicted molar refractivity (Wildman–Crippen MR) is 212 cm³/mol. The van der Waals surface area contributed by atoms with Crippen molar-refractivity contribution in [1.29, 1.82) is 0 Å². The minimum Gasteiger partial charge on any atom is -0.512 e. The number of ketones is 1. The number of aromatic nitrogens is 2. The van der Waals surface area contributed by atoms with E-state index >= 15 is 0 Å². The van der Waals surface area contributed by atoms with Crippen LogP contribution in [0.15, 0.2) is 84.3 Å². The van der Waals surface area contributed by atoms with E-state index in [1.807, 2.05) is 60.1 Å². The Morgan fingerprint density at radius 1 is 0.880 bits per heavy atom. The average Bonchev–Trinajstić information content (AvgIpc) is 3.78. The molecule has 4 heterocycles. The molecule has 2 aromatic carbocycles. The van der Waals surface area contributed by atoms with E-state index in [-0.39, 0.29) is 47.9 Å². The number of thiophene rings is 2. The number of carbonyl (C=O) groups excluding carboxylic acids is 1. The Hall–Kier alpha value is -3.22. The SMILES string of the molecule is CC(C)(C)c1cc(-c2nccc3cc(-c4cncc5sccc45)sc23)[c-]c2ccccc12.CCC(C)(CC)C(=O)/C=C(\O)C(C)(CC)CC.[Ir]. The Morgan fingerprint density at radius 2 is 1.56 bits per heavy atom. The van der Waals surface area contributed by atoms with E-state index in [2.05, 4.69) is 85.7 Å². The Kier molecular flexibility index (Phi) is 12.6. The number of hydrogen-bond acceptors (Lipinski definition) is 6. The maximum absolute atomic E-state index is 12.2. The summed E-state index contributed by atoms with van der Waals surface area (Å²) in [5.41, 5.74) is 3.99. The van der Waals surface area contributed by atoms with Gasteiger partial charge in [-0.1, -0.05) is 91.5 Å². The summed E-state index contributed by atoms with van der Waals surface area (Å²) in [6.07, 6.45) is 10.6. The van der Waals surface area contributed by atoms with Crippen LogP contribution in [0.4, 0.5) is 0 Å². The number of carbonyl (C=O) groups is 1. The number of allylic oxidation sites excluding steroid dienone is 2. The number of benzene rings is 2. The van der Waals surface area contributed by atoms with Gasteiger partial charge in [0.1, 0.15) is 5.76 Å². The zero-order valence-corrected chi connectivity index (χ0v) is 34.8. The van der Waals surface area contributed by atoms with Crippen molar-refractivity contribution in [2.75, 3.05) is 0 Å². The molecular weight excluding hydrogens is 833 g/mol. The van der Waals surface area contributed by atoms with E-state index < -0.39 is 0 Å². The van der Waals surface area contributed by atoms with E-state index in [1.54, 1.807) is 22.7 Å². The van der Waals surface area contributed by atoms with Crippen LogP contribution < -0.4 is 0 Å². The van der Waals surface area contributed by atoms with Crippen molar-refractivity contribution < 1.29 is 30.0 Å². The fourth-order valence-corrected chi connectivity index (χ4v) is 8.00. The zero-order chi connectivity index (χ0) is 35.6. The number of fused-ring (bicyclic) bond motifs is 3. The van der Waals surface area contributed by atoms with Crippen molar-refractivity contribution in [2.45, 2.75) is 93.4 Å². The molecule has 1 radical (unpaired) electrons. The van der Waals surface area contributed by atoms with Crippen LogP contribution in [0.25, 0.3) is 52.6 Å². The normalized spacial score (nSPS) is 12.5. The van der Waals surface area contributed by atoms with Crippen LogP contribution in [0.2, 0.25) is 0 Å². The third kappa shape index (κ3) is 7.97. The van der Waals surface area contributed by atoms with Crippen molar-refractivity contribution in [3.05, 3.63) is 96.0 Å². The Bertz CT molecular complexity index is 2130. The average molecular weight is 882 g/mol. The molecule has 0 amide bonds. The van der Waals surface area contributed by atoms with Crippen LogP contribution in [0.3, 0.4) is 0 Å². The van der Waals surface area contributed by atoms with Gasteiger partial charge in [0.05, 0.1) is 4.70 Å². The van der Waals surface area contributed by atoms with Gasteiger partial charge in [0, 0.05) is 81.8 Å². The molecule has 0 fully saturated rings. The summed E-state index contributed by atoms with van der Waals surface area (Å²) in [5.74, 6) is 0.286. The second-order valence-corrected chi connectivity index (χ2v) is 16.5. The van der Waals surface area contributed by atoms with Crippen LogP contribution in [-0.4, -0.2) is 20.9 Å². The van der Waals surface area contributed by atoms with Crippen LogP contribution in [-0.2, 0) is 30.3 Å². The first-order valence-corrected chi connectivity index (χ1v) is 19.1. The second kappa shape index (κ2) is 16.0. The quantitative estimate of drug-likeness (QED) is 0.0893. The van der Waals surface area contributed by atoms with E-state index in [0.717, 1.165) is 42.3 Å². The van der Waals surface area contributed by atoms with Gasteiger partial charge in [0.25, 0.3) is 0 Å². The Balaban J connectivity index is 0.000000269. The number of aliphatic hydroxyl groups is 1. The summed E-state index contributed by atoms with van der Waals surface area (Å²) in [6.45, 7) is 18.9. The largest absolute Gasteiger partial charge is 0.512 e. The smallest absolute Gasteiger partial charge is 0.164 e. The molecule has 265 valence electrons. The topological polar surface area (TPSA) is 63.1 Å². The molecule has 0 spiro atoms. The third-order valence-corrected chi connectivity index (χ3v) is 12.6. The summed E-state index contributed by atoms with van der Waals surface area (Å²) in [5, 5.41) is 17.1. The number of pyridine rings is 2. The monoisotopic (exact) mass is 882 g/mol. The molecule has 4 aromatic heterocycles. The molecule has 0 aliphatic heterocycles. The van der Waals surface area contributed by atoms with Crippen LogP contribution >= 0.6 is 22.7 Å². The first kappa shape index (κ1) is 39.6. The van der Waals surface area contributed by atoms with E-state index in [9.17, 15) is 9.90 Å². The Labute approximate surface area is 319 Å². The fraction of sp³-hybridized carbons (Fsp3) is 0.372. The maximum Gasteiger partial charge on any atom is 0.164 e. The molecule has 0 saturated heterocycles. The first-order chi connectivity index (χ1) is 23.3. The minimum atomic E-state index is -0.337. The maximum atomic E-state index is 12.2. The van der Waals surface area contributed by atoms with Gasteiger partial charge in [-0.3, -0.25) is 14.8 Å². The molecule has 6 aromatic rings. The van der Waals surface area contributed by atoms with Gasteiger partial charge in [-0.2, -0.15) is 0 Å². The van der Waals surface area contributed by atoms with Gasteiger partial charge in [0.15, 0.2) is 5.78 Å². The van der Waals surface area contributed by atoms with Crippen molar-refractivity contribution in [1.82, 2.24) is 9.97 Å². The van der Waals surface area contributed by atoms with Gasteiger partial charge in [0.2, 0.25) is 0 Å². The summed E-state index contributed by atoms with van der Waals surface area (Å²) in [4.78, 5) is 22.7. The molecule has 1 N–H and O–H groups in total. The van der Waals surface area contributed by atoms with Gasteiger partial charge < -0.3 is 5.11 Å². The van der Waals surface area contributed by atoms with Crippen LogP contribution in [0, 0.1) is 16.9 Å². The van der Waals surface area contributed by atoms with Gasteiger partial charge in [-0.15, -0.1) is 51.8 Å². The molecule has 0 saturated carbocycles. The number of rotatable bonds is 9. The standard InChI is InChI=1S/C28H21N2S2.C15H28O2.Ir/c1-28(2,3)23-13-19(12-17-6-4-5-7-20(17)23)26-27-18(8-10-30-26)14-24(32-27)22-15-29-16-25-21(22)9-11-31-25;1-7-14(5,8-2)12(16)11-13(17)15(6,9-3)10-4;/h4-11,13-16H,1-3H3;11,16H,7-10H2,1-6H3;/q-1;;/b;12-11-;. The molecule has 0 unspecified atom stereocenters. The number of aliphatic hydroxyl groups excluding tert-OH is 1. The summed E-state index contributed by atoms with van der Waals surface area (Å²) in [6, 6.07) is 21.0. The molecule has 0 aliphatic carbocycles. The molecule has 7 heteroatoms. The molecule has 4 nitrogen and oxygen atoms in total. The van der Waals surface area contributed by atoms with Crippen LogP contribution in [0.1, 0.15) is 93.6 Å². The van der Waals surface area contributed by atoms with E-state index in [0.29, 0.717) is 0 Å². The molecule has 0 atom stereocenters.